The highest BCUT2D eigenvalue weighted by atomic mass is 79.9. The molecule has 0 spiro atoms. The summed E-state index contributed by atoms with van der Waals surface area (Å²) in [7, 11) is 1.37. The van der Waals surface area contributed by atoms with Crippen LogP contribution >= 0.6 is 27.5 Å². The van der Waals surface area contributed by atoms with Gasteiger partial charge >= 0.3 is 5.97 Å². The second-order valence-electron chi connectivity index (χ2n) is 3.25. The van der Waals surface area contributed by atoms with Crippen molar-refractivity contribution < 1.29 is 9.53 Å². The van der Waals surface area contributed by atoms with E-state index in [1.54, 1.807) is 6.07 Å². The molecule has 1 atom stereocenters. The minimum absolute atomic E-state index is 0.290. The molecule has 0 saturated heterocycles. The number of carbonyl (C=O) groups is 1. The summed E-state index contributed by atoms with van der Waals surface area (Å²) in [6, 6.07) is 5.08. The Morgan fingerprint density at radius 1 is 1.62 bits per heavy atom. The van der Waals surface area contributed by atoms with Gasteiger partial charge in [-0.3, -0.25) is 0 Å². The predicted molar refractivity (Wildman–Crippen MR) is 68.9 cm³/mol. The molecule has 0 fully saturated rings. The van der Waals surface area contributed by atoms with E-state index in [1.807, 2.05) is 19.1 Å². The minimum atomic E-state index is -0.372. The third kappa shape index (κ3) is 3.39. The molecule has 1 rings (SSSR count). The van der Waals surface area contributed by atoms with Gasteiger partial charge < -0.3 is 10.1 Å². The third-order valence-electron chi connectivity index (χ3n) is 2.15. The number of hydrogen-bond acceptors (Lipinski definition) is 3. The Kier molecular flexibility index (Phi) is 5.09. The molecule has 0 bridgehead atoms. The summed E-state index contributed by atoms with van der Waals surface area (Å²) in [6.45, 7) is 1.90. The lowest BCUT2D eigenvalue weighted by Crippen LogP contribution is -2.29. The largest absolute Gasteiger partial charge is 0.467 e. The SMILES string of the molecule is CCC(Nc1ccc(Br)cc1Cl)C(=O)OC. The van der Waals surface area contributed by atoms with Crippen molar-refractivity contribution in [2.45, 2.75) is 19.4 Å². The van der Waals surface area contributed by atoms with Crippen LogP contribution in [0.2, 0.25) is 5.02 Å². The molecule has 1 N–H and O–H groups in total. The molecule has 0 radical (unpaired) electrons. The van der Waals surface area contributed by atoms with Crippen LogP contribution in [0.25, 0.3) is 0 Å². The Bertz CT molecular complexity index is 384. The Balaban J connectivity index is 2.82. The molecule has 0 heterocycles. The van der Waals surface area contributed by atoms with Crippen molar-refractivity contribution in [1.82, 2.24) is 0 Å². The number of methoxy groups -OCH3 is 1. The predicted octanol–water partition coefficient (Wildman–Crippen LogP) is 3.47. The summed E-state index contributed by atoms with van der Waals surface area (Å²) in [5.74, 6) is -0.290. The molecule has 5 heteroatoms. The number of nitrogens with one attached hydrogen (secondary N) is 1. The molecule has 0 amide bonds. The van der Waals surface area contributed by atoms with Crippen LogP contribution in [0.15, 0.2) is 22.7 Å². The Morgan fingerprint density at radius 3 is 2.81 bits per heavy atom. The first-order chi connectivity index (χ1) is 7.58. The van der Waals surface area contributed by atoms with Gasteiger partial charge in [0.05, 0.1) is 17.8 Å². The maximum absolute atomic E-state index is 11.4. The van der Waals surface area contributed by atoms with E-state index in [0.717, 1.165) is 10.2 Å². The normalized spacial score (nSPS) is 12.0. The van der Waals surface area contributed by atoms with Gasteiger partial charge in [0.2, 0.25) is 0 Å². The van der Waals surface area contributed by atoms with Gasteiger partial charge in [0.1, 0.15) is 6.04 Å². The standard InChI is InChI=1S/C11H13BrClNO2/c1-3-9(11(15)16-2)14-10-5-4-7(12)6-8(10)13/h4-6,9,14H,3H2,1-2H3. The summed E-state index contributed by atoms with van der Waals surface area (Å²) in [4.78, 5) is 11.4. The number of esters is 1. The summed E-state index contributed by atoms with van der Waals surface area (Å²) in [6.07, 6.45) is 0.638. The number of rotatable bonds is 4. The highest BCUT2D eigenvalue weighted by Gasteiger charge is 2.17. The smallest absolute Gasteiger partial charge is 0.328 e. The van der Waals surface area contributed by atoms with Gasteiger partial charge in [0.25, 0.3) is 0 Å². The van der Waals surface area contributed by atoms with E-state index in [2.05, 4.69) is 26.0 Å². The highest BCUT2D eigenvalue weighted by Crippen LogP contribution is 2.26. The number of anilines is 1. The van der Waals surface area contributed by atoms with Crippen LogP contribution in [0, 0.1) is 0 Å². The van der Waals surface area contributed by atoms with Crippen LogP contribution in [0.3, 0.4) is 0 Å². The monoisotopic (exact) mass is 305 g/mol. The molecule has 88 valence electrons. The molecule has 1 unspecified atom stereocenters. The lowest BCUT2D eigenvalue weighted by Gasteiger charge is -2.16. The van der Waals surface area contributed by atoms with Crippen LogP contribution in [0.1, 0.15) is 13.3 Å². The first kappa shape index (κ1) is 13.3. The Hall–Kier alpha value is -0.740. The molecular formula is C11H13BrClNO2. The van der Waals surface area contributed by atoms with E-state index in [0.29, 0.717) is 11.4 Å². The van der Waals surface area contributed by atoms with E-state index in [1.165, 1.54) is 7.11 Å². The number of ether oxygens (including phenoxy) is 1. The fourth-order valence-electron chi connectivity index (χ4n) is 1.26. The molecule has 0 aliphatic heterocycles. The van der Waals surface area contributed by atoms with E-state index in [9.17, 15) is 4.79 Å². The van der Waals surface area contributed by atoms with E-state index in [-0.39, 0.29) is 12.0 Å². The Labute approximate surface area is 108 Å². The van der Waals surface area contributed by atoms with Crippen molar-refractivity contribution in [2.24, 2.45) is 0 Å². The Morgan fingerprint density at radius 2 is 2.31 bits per heavy atom. The van der Waals surface area contributed by atoms with Gasteiger partial charge in [-0.15, -0.1) is 0 Å². The number of benzene rings is 1. The zero-order valence-corrected chi connectivity index (χ0v) is 11.4. The molecule has 0 aliphatic carbocycles. The topological polar surface area (TPSA) is 38.3 Å². The lowest BCUT2D eigenvalue weighted by atomic mass is 10.2. The first-order valence-electron chi connectivity index (χ1n) is 4.88. The average Bonchev–Trinajstić information content (AvgIpc) is 2.27. The quantitative estimate of drug-likeness (QED) is 0.866. The fraction of sp³-hybridized carbons (Fsp3) is 0.364. The van der Waals surface area contributed by atoms with Crippen molar-refractivity contribution in [3.8, 4) is 0 Å². The van der Waals surface area contributed by atoms with Gasteiger partial charge in [0, 0.05) is 4.47 Å². The molecule has 16 heavy (non-hydrogen) atoms. The van der Waals surface area contributed by atoms with Crippen molar-refractivity contribution in [3.05, 3.63) is 27.7 Å². The van der Waals surface area contributed by atoms with Crippen molar-refractivity contribution in [1.29, 1.82) is 0 Å². The van der Waals surface area contributed by atoms with Crippen molar-refractivity contribution in [2.75, 3.05) is 12.4 Å². The molecule has 0 saturated carbocycles. The molecule has 1 aromatic rings. The highest BCUT2D eigenvalue weighted by molar-refractivity contribution is 9.10. The number of hydrogen-bond donors (Lipinski definition) is 1. The number of carbonyl (C=O) groups excluding carboxylic acids is 1. The van der Waals surface area contributed by atoms with Gasteiger partial charge in [-0.25, -0.2) is 4.79 Å². The zero-order chi connectivity index (χ0) is 12.1. The van der Waals surface area contributed by atoms with Crippen LogP contribution in [-0.4, -0.2) is 19.1 Å². The van der Waals surface area contributed by atoms with Crippen LogP contribution in [0.4, 0.5) is 5.69 Å². The molecule has 3 nitrogen and oxygen atoms in total. The molecule has 0 aromatic heterocycles. The van der Waals surface area contributed by atoms with Gasteiger partial charge in [0.15, 0.2) is 0 Å². The fourth-order valence-corrected chi connectivity index (χ4v) is 1.99. The summed E-state index contributed by atoms with van der Waals surface area (Å²) < 4.78 is 5.58. The van der Waals surface area contributed by atoms with Crippen LogP contribution in [-0.2, 0) is 9.53 Å². The van der Waals surface area contributed by atoms with Gasteiger partial charge in [-0.05, 0) is 24.6 Å². The summed E-state index contributed by atoms with van der Waals surface area (Å²) >= 11 is 9.35. The third-order valence-corrected chi connectivity index (χ3v) is 2.96. The summed E-state index contributed by atoms with van der Waals surface area (Å²) in [5.41, 5.74) is 0.724. The minimum Gasteiger partial charge on any atom is -0.467 e. The van der Waals surface area contributed by atoms with Gasteiger partial charge in [-0.1, -0.05) is 34.5 Å². The number of halogens is 2. The molecule has 1 aromatic carbocycles. The maximum atomic E-state index is 11.4. The van der Waals surface area contributed by atoms with Gasteiger partial charge in [-0.2, -0.15) is 0 Å². The second kappa shape index (κ2) is 6.11. The lowest BCUT2D eigenvalue weighted by molar-refractivity contribution is -0.141. The zero-order valence-electron chi connectivity index (χ0n) is 9.09. The molecule has 0 aliphatic rings. The van der Waals surface area contributed by atoms with Crippen LogP contribution < -0.4 is 5.32 Å². The molecular weight excluding hydrogens is 293 g/mol. The maximum Gasteiger partial charge on any atom is 0.328 e. The van der Waals surface area contributed by atoms with Crippen molar-refractivity contribution in [3.63, 3.8) is 0 Å². The average molecular weight is 307 g/mol. The van der Waals surface area contributed by atoms with E-state index in [4.69, 9.17) is 11.6 Å². The second-order valence-corrected chi connectivity index (χ2v) is 4.58. The summed E-state index contributed by atoms with van der Waals surface area (Å²) in [5, 5.41) is 3.61. The van der Waals surface area contributed by atoms with Crippen LogP contribution in [0.5, 0.6) is 0 Å². The van der Waals surface area contributed by atoms with Crippen molar-refractivity contribution >= 4 is 39.2 Å². The first-order valence-corrected chi connectivity index (χ1v) is 6.05. The van der Waals surface area contributed by atoms with E-state index >= 15 is 0 Å². The van der Waals surface area contributed by atoms with E-state index < -0.39 is 0 Å².